The van der Waals surface area contributed by atoms with E-state index in [1.165, 1.54) is 0 Å². The molecular formula is C21H20N6O2. The molecule has 29 heavy (non-hydrogen) atoms. The van der Waals surface area contributed by atoms with Gasteiger partial charge in [-0.05, 0) is 49.2 Å². The number of aromatic amines is 2. The molecular weight excluding hydrogens is 368 g/mol. The second-order valence-corrected chi connectivity index (χ2v) is 7.35. The summed E-state index contributed by atoms with van der Waals surface area (Å²) in [5, 5.41) is 18.5. The van der Waals surface area contributed by atoms with Gasteiger partial charge in [0.25, 0.3) is 11.8 Å². The van der Waals surface area contributed by atoms with Gasteiger partial charge in [0.15, 0.2) is 0 Å². The van der Waals surface area contributed by atoms with E-state index in [4.69, 9.17) is 0 Å². The molecule has 5 rings (SSSR count). The van der Waals surface area contributed by atoms with Crippen LogP contribution in [0.1, 0.15) is 33.6 Å². The zero-order chi connectivity index (χ0) is 19.8. The van der Waals surface area contributed by atoms with Gasteiger partial charge in [0, 0.05) is 41.0 Å². The van der Waals surface area contributed by atoms with E-state index in [1.54, 1.807) is 18.5 Å². The van der Waals surface area contributed by atoms with Gasteiger partial charge >= 0.3 is 0 Å². The number of H-pyrrole nitrogens is 2. The fraction of sp³-hybridized carbons (Fsp3) is 0.238. The number of amides is 2. The fourth-order valence-corrected chi connectivity index (χ4v) is 3.95. The smallest absolute Gasteiger partial charge is 0.254 e. The molecule has 0 radical (unpaired) electrons. The third-order valence-corrected chi connectivity index (χ3v) is 5.53. The number of nitrogens with one attached hydrogen (secondary N) is 3. The Morgan fingerprint density at radius 3 is 2.38 bits per heavy atom. The topological polar surface area (TPSA) is 107 Å². The van der Waals surface area contributed by atoms with Gasteiger partial charge in [-0.3, -0.25) is 19.8 Å². The average Bonchev–Trinajstić information content (AvgIpc) is 3.50. The quantitative estimate of drug-likeness (QED) is 0.499. The standard InChI is InChI=1S/C21H20N6O2/c28-20(13-3-5-18-15(8-13)10-23-25-18)22-12-17-2-1-7-27(17)21(29)14-4-6-19-16(9-14)11-24-26-19/h3-6,8-11,17H,1-2,7,12H2,(H,22,28)(H,23,25)(H,24,26)/t17-/m1/s1. The average molecular weight is 388 g/mol. The Kier molecular flexibility index (Phi) is 4.23. The molecule has 2 aromatic carbocycles. The number of hydrogen-bond donors (Lipinski definition) is 3. The summed E-state index contributed by atoms with van der Waals surface area (Å²) in [6.07, 6.45) is 5.22. The van der Waals surface area contributed by atoms with Crippen molar-refractivity contribution in [1.29, 1.82) is 0 Å². The van der Waals surface area contributed by atoms with Crippen LogP contribution in [0.3, 0.4) is 0 Å². The van der Waals surface area contributed by atoms with E-state index in [2.05, 4.69) is 25.7 Å². The van der Waals surface area contributed by atoms with E-state index in [-0.39, 0.29) is 17.9 Å². The number of rotatable bonds is 4. The summed E-state index contributed by atoms with van der Waals surface area (Å²) in [5.74, 6) is -0.156. The molecule has 3 heterocycles. The molecule has 1 saturated heterocycles. The Balaban J connectivity index is 1.27. The Morgan fingerprint density at radius 1 is 1.00 bits per heavy atom. The van der Waals surface area contributed by atoms with Crippen LogP contribution in [0.25, 0.3) is 21.8 Å². The first kappa shape index (κ1) is 17.4. The van der Waals surface area contributed by atoms with E-state index in [0.717, 1.165) is 34.6 Å². The van der Waals surface area contributed by atoms with Crippen molar-refractivity contribution in [2.24, 2.45) is 0 Å². The molecule has 3 N–H and O–H groups in total. The maximum Gasteiger partial charge on any atom is 0.254 e. The van der Waals surface area contributed by atoms with Crippen molar-refractivity contribution in [3.8, 4) is 0 Å². The van der Waals surface area contributed by atoms with Crippen molar-refractivity contribution in [1.82, 2.24) is 30.6 Å². The van der Waals surface area contributed by atoms with Gasteiger partial charge in [-0.25, -0.2) is 0 Å². The molecule has 4 aromatic rings. The number of fused-ring (bicyclic) bond motifs is 2. The number of carbonyl (C=O) groups is 2. The minimum Gasteiger partial charge on any atom is -0.350 e. The molecule has 146 valence electrons. The van der Waals surface area contributed by atoms with Crippen LogP contribution in [-0.2, 0) is 0 Å². The first-order chi connectivity index (χ1) is 14.2. The number of aromatic nitrogens is 4. The molecule has 0 aliphatic carbocycles. The van der Waals surface area contributed by atoms with Crippen LogP contribution < -0.4 is 5.32 Å². The van der Waals surface area contributed by atoms with Gasteiger partial charge in [0.1, 0.15) is 0 Å². The molecule has 8 nitrogen and oxygen atoms in total. The van der Waals surface area contributed by atoms with Gasteiger partial charge in [-0.1, -0.05) is 0 Å². The lowest BCUT2D eigenvalue weighted by atomic mass is 10.1. The Labute approximate surface area is 166 Å². The Morgan fingerprint density at radius 2 is 1.66 bits per heavy atom. The van der Waals surface area contributed by atoms with Crippen molar-refractivity contribution in [3.05, 3.63) is 59.9 Å². The first-order valence-corrected chi connectivity index (χ1v) is 9.64. The first-order valence-electron chi connectivity index (χ1n) is 9.64. The molecule has 2 aromatic heterocycles. The molecule has 0 unspecified atom stereocenters. The van der Waals surface area contributed by atoms with Gasteiger partial charge in [-0.2, -0.15) is 10.2 Å². The third-order valence-electron chi connectivity index (χ3n) is 5.53. The van der Waals surface area contributed by atoms with Crippen LogP contribution in [0.5, 0.6) is 0 Å². The van der Waals surface area contributed by atoms with Crippen molar-refractivity contribution >= 4 is 33.6 Å². The maximum atomic E-state index is 13.0. The molecule has 2 amide bonds. The molecule has 0 bridgehead atoms. The molecule has 0 saturated carbocycles. The summed E-state index contributed by atoms with van der Waals surface area (Å²) in [6.45, 7) is 1.13. The summed E-state index contributed by atoms with van der Waals surface area (Å²) < 4.78 is 0. The lowest BCUT2D eigenvalue weighted by molar-refractivity contribution is 0.0725. The number of hydrogen-bond acceptors (Lipinski definition) is 4. The van der Waals surface area contributed by atoms with Crippen LogP contribution in [-0.4, -0.2) is 56.2 Å². The highest BCUT2D eigenvalue weighted by atomic mass is 16.2. The molecule has 1 aliphatic rings. The van der Waals surface area contributed by atoms with E-state index in [0.29, 0.717) is 24.2 Å². The number of nitrogens with zero attached hydrogens (tertiary/aromatic N) is 3. The largest absolute Gasteiger partial charge is 0.350 e. The molecule has 0 spiro atoms. The third kappa shape index (κ3) is 3.22. The zero-order valence-corrected chi connectivity index (χ0v) is 15.7. The van der Waals surface area contributed by atoms with Crippen molar-refractivity contribution in [3.63, 3.8) is 0 Å². The highest BCUT2D eigenvalue weighted by Crippen LogP contribution is 2.22. The normalized spacial score (nSPS) is 16.6. The minimum absolute atomic E-state index is 0.00957. The van der Waals surface area contributed by atoms with E-state index in [9.17, 15) is 9.59 Å². The molecule has 1 fully saturated rings. The summed E-state index contributed by atoms with van der Waals surface area (Å²) in [6, 6.07) is 11.0. The molecule has 1 aliphatic heterocycles. The fourth-order valence-electron chi connectivity index (χ4n) is 3.95. The van der Waals surface area contributed by atoms with Crippen LogP contribution in [0, 0.1) is 0 Å². The van der Waals surface area contributed by atoms with E-state index in [1.807, 2.05) is 35.2 Å². The van der Waals surface area contributed by atoms with E-state index < -0.39 is 0 Å². The lowest BCUT2D eigenvalue weighted by Crippen LogP contribution is -2.43. The van der Waals surface area contributed by atoms with E-state index >= 15 is 0 Å². The predicted molar refractivity (Wildman–Crippen MR) is 109 cm³/mol. The second-order valence-electron chi connectivity index (χ2n) is 7.35. The van der Waals surface area contributed by atoms with Crippen molar-refractivity contribution in [2.75, 3.05) is 13.1 Å². The van der Waals surface area contributed by atoms with Gasteiger partial charge in [-0.15, -0.1) is 0 Å². The van der Waals surface area contributed by atoms with Crippen molar-refractivity contribution in [2.45, 2.75) is 18.9 Å². The number of carbonyl (C=O) groups excluding carboxylic acids is 2. The summed E-state index contributed by atoms with van der Waals surface area (Å²) in [7, 11) is 0. The zero-order valence-electron chi connectivity index (χ0n) is 15.7. The van der Waals surface area contributed by atoms with Gasteiger partial charge in [0.05, 0.1) is 23.4 Å². The monoisotopic (exact) mass is 388 g/mol. The molecule has 8 heteroatoms. The Bertz CT molecular complexity index is 1210. The van der Waals surface area contributed by atoms with Crippen LogP contribution in [0.2, 0.25) is 0 Å². The predicted octanol–water partition coefficient (Wildman–Crippen LogP) is 2.47. The SMILES string of the molecule is O=C(NC[C@H]1CCCN1C(=O)c1ccc2[nH]ncc2c1)c1ccc2[nH]ncc2c1. The van der Waals surface area contributed by atoms with Crippen LogP contribution >= 0.6 is 0 Å². The lowest BCUT2D eigenvalue weighted by Gasteiger charge is -2.25. The summed E-state index contributed by atoms with van der Waals surface area (Å²) in [4.78, 5) is 27.5. The number of benzene rings is 2. The Hall–Kier alpha value is -3.68. The van der Waals surface area contributed by atoms with Crippen LogP contribution in [0.15, 0.2) is 48.8 Å². The van der Waals surface area contributed by atoms with Gasteiger partial charge in [0.2, 0.25) is 0 Å². The minimum atomic E-state index is -0.146. The highest BCUT2D eigenvalue weighted by molar-refractivity contribution is 5.99. The van der Waals surface area contributed by atoms with Crippen molar-refractivity contribution < 1.29 is 9.59 Å². The van der Waals surface area contributed by atoms with Crippen LogP contribution in [0.4, 0.5) is 0 Å². The molecule has 1 atom stereocenters. The summed E-state index contributed by atoms with van der Waals surface area (Å²) in [5.41, 5.74) is 3.02. The van der Waals surface area contributed by atoms with Gasteiger partial charge < -0.3 is 10.2 Å². The highest BCUT2D eigenvalue weighted by Gasteiger charge is 2.29. The second kappa shape index (κ2) is 7.05. The maximum absolute atomic E-state index is 13.0. The number of likely N-dealkylation sites (tertiary alicyclic amines) is 1. The summed E-state index contributed by atoms with van der Waals surface area (Å²) >= 11 is 0.